The first kappa shape index (κ1) is 13.1. The number of nitrogens with zero attached hydrogens (tertiary/aromatic N) is 1. The monoisotopic (exact) mass is 237 g/mol. The first-order chi connectivity index (χ1) is 8.24. The van der Waals surface area contributed by atoms with Gasteiger partial charge in [0.25, 0.3) is 5.91 Å². The average molecular weight is 237 g/mol. The predicted molar refractivity (Wildman–Crippen MR) is 61.5 cm³/mol. The summed E-state index contributed by atoms with van der Waals surface area (Å²) in [5, 5.41) is 5.09. The molecule has 0 aliphatic carbocycles. The highest BCUT2D eigenvalue weighted by Gasteiger charge is 2.06. The first-order valence-corrected chi connectivity index (χ1v) is 5.18. The van der Waals surface area contributed by atoms with Crippen molar-refractivity contribution in [2.75, 3.05) is 26.8 Å². The molecule has 1 aromatic rings. The maximum Gasteiger partial charge on any atom is 0.253 e. The van der Waals surface area contributed by atoms with Gasteiger partial charge in [0.1, 0.15) is 0 Å². The number of carbonyl (C=O) groups is 2. The second kappa shape index (κ2) is 7.34. The normalized spacial score (nSPS) is 9.71. The number of carbonyl (C=O) groups excluding carboxylic acids is 2. The summed E-state index contributed by atoms with van der Waals surface area (Å²) in [5.74, 6) is -0.570. The molecule has 1 aromatic heterocycles. The van der Waals surface area contributed by atoms with Gasteiger partial charge in [0.05, 0.1) is 18.7 Å². The smallest absolute Gasteiger partial charge is 0.253 e. The fraction of sp³-hybridized carbons (Fsp3) is 0.364. The highest BCUT2D eigenvalue weighted by atomic mass is 16.5. The van der Waals surface area contributed by atoms with Crippen molar-refractivity contribution in [3.8, 4) is 0 Å². The lowest BCUT2D eigenvalue weighted by Gasteiger charge is -2.06. The van der Waals surface area contributed by atoms with Crippen molar-refractivity contribution in [3.63, 3.8) is 0 Å². The summed E-state index contributed by atoms with van der Waals surface area (Å²) in [6.45, 7) is 0.817. The molecule has 0 aliphatic rings. The topological polar surface area (TPSA) is 80.3 Å². The number of ether oxygens (including phenoxy) is 1. The van der Waals surface area contributed by atoms with E-state index in [0.717, 1.165) is 0 Å². The number of hydrogen-bond acceptors (Lipinski definition) is 4. The molecular formula is C11H15N3O3. The van der Waals surface area contributed by atoms with E-state index in [1.54, 1.807) is 25.4 Å². The number of amides is 2. The summed E-state index contributed by atoms with van der Waals surface area (Å²) in [6, 6.07) is 3.29. The van der Waals surface area contributed by atoms with E-state index in [0.29, 0.717) is 18.7 Å². The molecule has 0 aromatic carbocycles. The van der Waals surface area contributed by atoms with Crippen molar-refractivity contribution < 1.29 is 14.3 Å². The molecular weight excluding hydrogens is 222 g/mol. The molecule has 0 spiro atoms. The van der Waals surface area contributed by atoms with Crippen molar-refractivity contribution in [3.05, 3.63) is 30.1 Å². The highest BCUT2D eigenvalue weighted by Crippen LogP contribution is 1.94. The number of pyridine rings is 1. The third-order valence-electron chi connectivity index (χ3n) is 1.96. The molecule has 0 saturated heterocycles. The summed E-state index contributed by atoms with van der Waals surface area (Å²) in [5.41, 5.74) is 0.428. The molecule has 92 valence electrons. The molecule has 2 amide bonds. The zero-order valence-corrected chi connectivity index (χ0v) is 9.60. The molecule has 17 heavy (non-hydrogen) atoms. The second-order valence-corrected chi connectivity index (χ2v) is 3.27. The van der Waals surface area contributed by atoms with E-state index < -0.39 is 0 Å². The van der Waals surface area contributed by atoms with Gasteiger partial charge in [-0.1, -0.05) is 0 Å². The molecule has 1 rings (SSSR count). The van der Waals surface area contributed by atoms with E-state index in [4.69, 9.17) is 4.74 Å². The fourth-order valence-electron chi connectivity index (χ4n) is 1.11. The Labute approximate surface area is 99.4 Å². The molecule has 6 heteroatoms. The van der Waals surface area contributed by atoms with Gasteiger partial charge in [0, 0.05) is 26.0 Å². The van der Waals surface area contributed by atoms with Crippen molar-refractivity contribution in [1.82, 2.24) is 15.6 Å². The van der Waals surface area contributed by atoms with Gasteiger partial charge in [-0.05, 0) is 12.1 Å². The molecule has 2 N–H and O–H groups in total. The van der Waals surface area contributed by atoms with E-state index in [9.17, 15) is 9.59 Å². The Hall–Kier alpha value is -1.95. The van der Waals surface area contributed by atoms with E-state index in [1.165, 1.54) is 6.20 Å². The highest BCUT2D eigenvalue weighted by molar-refractivity contribution is 5.96. The molecule has 0 bridgehead atoms. The van der Waals surface area contributed by atoms with Crippen molar-refractivity contribution in [2.24, 2.45) is 0 Å². The van der Waals surface area contributed by atoms with Crippen molar-refractivity contribution in [1.29, 1.82) is 0 Å². The van der Waals surface area contributed by atoms with Crippen molar-refractivity contribution >= 4 is 11.8 Å². The Balaban J connectivity index is 2.26. The standard InChI is InChI=1S/C11H15N3O3/c1-17-6-5-13-10(15)8-14-11(16)9-3-2-4-12-7-9/h2-4,7H,5-6,8H2,1H3,(H,13,15)(H,14,16). The van der Waals surface area contributed by atoms with E-state index in [2.05, 4.69) is 15.6 Å². The van der Waals surface area contributed by atoms with Crippen LogP contribution in [0.15, 0.2) is 24.5 Å². The van der Waals surface area contributed by atoms with Gasteiger partial charge in [-0.3, -0.25) is 14.6 Å². The van der Waals surface area contributed by atoms with Crippen LogP contribution in [-0.2, 0) is 9.53 Å². The minimum atomic E-state index is -0.319. The summed E-state index contributed by atoms with van der Waals surface area (Å²) in [4.78, 5) is 26.6. The van der Waals surface area contributed by atoms with Crippen molar-refractivity contribution in [2.45, 2.75) is 0 Å². The maximum absolute atomic E-state index is 11.5. The molecule has 6 nitrogen and oxygen atoms in total. The summed E-state index contributed by atoms with van der Waals surface area (Å²) in [6.07, 6.45) is 3.02. The Kier molecular flexibility index (Phi) is 5.67. The number of rotatable bonds is 6. The molecule has 0 unspecified atom stereocenters. The van der Waals surface area contributed by atoms with Crippen LogP contribution >= 0.6 is 0 Å². The van der Waals surface area contributed by atoms with Crippen LogP contribution in [0.2, 0.25) is 0 Å². The molecule has 0 saturated carbocycles. The van der Waals surface area contributed by atoms with E-state index >= 15 is 0 Å². The van der Waals surface area contributed by atoms with E-state index in [1.807, 2.05) is 0 Å². The van der Waals surface area contributed by atoms with Gasteiger partial charge < -0.3 is 15.4 Å². The maximum atomic E-state index is 11.5. The van der Waals surface area contributed by atoms with E-state index in [-0.39, 0.29) is 18.4 Å². The largest absolute Gasteiger partial charge is 0.383 e. The Morgan fingerprint density at radius 2 is 2.24 bits per heavy atom. The minimum Gasteiger partial charge on any atom is -0.383 e. The quantitative estimate of drug-likeness (QED) is 0.658. The van der Waals surface area contributed by atoms with Gasteiger partial charge in [-0.15, -0.1) is 0 Å². The first-order valence-electron chi connectivity index (χ1n) is 5.18. The lowest BCUT2D eigenvalue weighted by molar-refractivity contribution is -0.120. The van der Waals surface area contributed by atoms with Crippen LogP contribution in [0.5, 0.6) is 0 Å². The summed E-state index contributed by atoms with van der Waals surface area (Å²) < 4.78 is 4.78. The average Bonchev–Trinajstić information content (AvgIpc) is 2.37. The Morgan fingerprint density at radius 1 is 1.41 bits per heavy atom. The van der Waals surface area contributed by atoms with Gasteiger partial charge >= 0.3 is 0 Å². The zero-order valence-electron chi connectivity index (χ0n) is 9.60. The Morgan fingerprint density at radius 3 is 2.88 bits per heavy atom. The van der Waals surface area contributed by atoms with Gasteiger partial charge in [0.2, 0.25) is 5.91 Å². The van der Waals surface area contributed by atoms with Crippen LogP contribution in [0.25, 0.3) is 0 Å². The molecule has 0 radical (unpaired) electrons. The Bertz CT molecular complexity index is 367. The molecule has 1 heterocycles. The van der Waals surface area contributed by atoms with Gasteiger partial charge in [-0.2, -0.15) is 0 Å². The number of aromatic nitrogens is 1. The lowest BCUT2D eigenvalue weighted by atomic mass is 10.3. The van der Waals surface area contributed by atoms with Gasteiger partial charge in [-0.25, -0.2) is 0 Å². The zero-order chi connectivity index (χ0) is 12.5. The molecule has 0 fully saturated rings. The van der Waals surface area contributed by atoms with Gasteiger partial charge in [0.15, 0.2) is 0 Å². The molecule has 0 aliphatic heterocycles. The van der Waals surface area contributed by atoms with Crippen LogP contribution in [-0.4, -0.2) is 43.6 Å². The van der Waals surface area contributed by atoms with Crippen LogP contribution in [0, 0.1) is 0 Å². The lowest BCUT2D eigenvalue weighted by Crippen LogP contribution is -2.38. The number of nitrogens with one attached hydrogen (secondary N) is 2. The second-order valence-electron chi connectivity index (χ2n) is 3.27. The summed E-state index contributed by atoms with van der Waals surface area (Å²) in [7, 11) is 1.55. The summed E-state index contributed by atoms with van der Waals surface area (Å²) >= 11 is 0. The SMILES string of the molecule is COCCNC(=O)CNC(=O)c1cccnc1. The minimum absolute atomic E-state index is 0.0581. The predicted octanol–water partition coefficient (Wildman–Crippen LogP) is -0.426. The third-order valence-corrected chi connectivity index (χ3v) is 1.96. The fourth-order valence-corrected chi connectivity index (χ4v) is 1.11. The van der Waals surface area contributed by atoms with Crippen LogP contribution < -0.4 is 10.6 Å². The number of hydrogen-bond donors (Lipinski definition) is 2. The number of methoxy groups -OCH3 is 1. The molecule has 0 atom stereocenters. The van der Waals surface area contributed by atoms with Crippen LogP contribution in [0.3, 0.4) is 0 Å². The van der Waals surface area contributed by atoms with Crippen LogP contribution in [0.4, 0.5) is 0 Å². The third kappa shape index (κ3) is 5.07. The van der Waals surface area contributed by atoms with Crippen LogP contribution in [0.1, 0.15) is 10.4 Å².